The summed E-state index contributed by atoms with van der Waals surface area (Å²) < 4.78 is 14.7. The lowest BCUT2D eigenvalue weighted by atomic mass is 10.1. The van der Waals surface area contributed by atoms with Crippen LogP contribution in [-0.2, 0) is 0 Å². The topological polar surface area (TPSA) is 54.6 Å². The van der Waals surface area contributed by atoms with Crippen LogP contribution in [0.2, 0.25) is 5.02 Å². The predicted molar refractivity (Wildman–Crippen MR) is 119 cm³/mol. The van der Waals surface area contributed by atoms with E-state index >= 15 is 0 Å². The summed E-state index contributed by atoms with van der Waals surface area (Å²) in [6.07, 6.45) is 1.46. The average molecular weight is 421 g/mol. The van der Waals surface area contributed by atoms with Crippen LogP contribution >= 0.6 is 11.6 Å². The standard InChI is InChI=1S/C24H18ClFN2O2/c1-14-7-10-22(15(2)11-14)28-23(29)18-6-4-3-5-17(18)19(24(28)30)13-27-16-8-9-21(26)20(25)12-16/h3-13,30H,1-2H3. The van der Waals surface area contributed by atoms with Gasteiger partial charge in [0.25, 0.3) is 5.56 Å². The molecule has 1 heterocycles. The number of aryl methyl sites for hydroxylation is 2. The lowest BCUT2D eigenvalue weighted by Crippen LogP contribution is -2.21. The van der Waals surface area contributed by atoms with Gasteiger partial charge in [0.2, 0.25) is 5.88 Å². The second-order valence-corrected chi connectivity index (χ2v) is 7.48. The number of pyridine rings is 1. The third-order valence-electron chi connectivity index (χ3n) is 4.94. The van der Waals surface area contributed by atoms with Gasteiger partial charge in [-0.05, 0) is 49.7 Å². The van der Waals surface area contributed by atoms with E-state index in [4.69, 9.17) is 11.6 Å². The Morgan fingerprint density at radius 3 is 2.47 bits per heavy atom. The quantitative estimate of drug-likeness (QED) is 0.422. The Balaban J connectivity index is 1.98. The summed E-state index contributed by atoms with van der Waals surface area (Å²) in [5.41, 5.74) is 2.99. The first kappa shape index (κ1) is 19.9. The molecule has 0 saturated heterocycles. The van der Waals surface area contributed by atoms with Crippen LogP contribution in [-0.4, -0.2) is 15.9 Å². The van der Waals surface area contributed by atoms with Crippen LogP contribution in [0.3, 0.4) is 0 Å². The molecular weight excluding hydrogens is 403 g/mol. The van der Waals surface area contributed by atoms with Gasteiger partial charge in [0.15, 0.2) is 0 Å². The highest BCUT2D eigenvalue weighted by Crippen LogP contribution is 2.28. The first-order valence-electron chi connectivity index (χ1n) is 9.30. The summed E-state index contributed by atoms with van der Waals surface area (Å²) in [7, 11) is 0. The molecule has 3 aromatic carbocycles. The molecule has 0 radical (unpaired) electrons. The van der Waals surface area contributed by atoms with E-state index in [0.29, 0.717) is 27.7 Å². The molecule has 1 N–H and O–H groups in total. The largest absolute Gasteiger partial charge is 0.494 e. The van der Waals surface area contributed by atoms with Crippen molar-refractivity contribution in [1.29, 1.82) is 0 Å². The van der Waals surface area contributed by atoms with Gasteiger partial charge >= 0.3 is 0 Å². The van der Waals surface area contributed by atoms with E-state index < -0.39 is 5.82 Å². The van der Waals surface area contributed by atoms with Crippen molar-refractivity contribution in [3.8, 4) is 11.6 Å². The van der Waals surface area contributed by atoms with Gasteiger partial charge in [0.05, 0.1) is 22.0 Å². The van der Waals surface area contributed by atoms with Gasteiger partial charge in [-0.15, -0.1) is 0 Å². The molecule has 0 spiro atoms. The molecule has 0 fully saturated rings. The van der Waals surface area contributed by atoms with Crippen molar-refractivity contribution < 1.29 is 9.50 Å². The van der Waals surface area contributed by atoms with Gasteiger partial charge in [0.1, 0.15) is 5.82 Å². The molecule has 0 aliphatic rings. The highest BCUT2D eigenvalue weighted by atomic mass is 35.5. The van der Waals surface area contributed by atoms with E-state index in [-0.39, 0.29) is 16.5 Å². The molecule has 6 heteroatoms. The minimum absolute atomic E-state index is 0.0426. The van der Waals surface area contributed by atoms with Gasteiger partial charge in [-0.3, -0.25) is 9.79 Å². The number of fused-ring (bicyclic) bond motifs is 1. The molecule has 4 nitrogen and oxygen atoms in total. The summed E-state index contributed by atoms with van der Waals surface area (Å²) in [5.74, 6) is -0.755. The predicted octanol–water partition coefficient (Wildman–Crippen LogP) is 5.86. The fourth-order valence-corrected chi connectivity index (χ4v) is 3.65. The first-order chi connectivity index (χ1) is 14.4. The first-order valence-corrected chi connectivity index (χ1v) is 9.68. The number of benzene rings is 3. The van der Waals surface area contributed by atoms with Gasteiger partial charge in [-0.25, -0.2) is 8.96 Å². The maximum atomic E-state index is 13.4. The van der Waals surface area contributed by atoms with E-state index in [0.717, 1.165) is 11.1 Å². The monoisotopic (exact) mass is 420 g/mol. The summed E-state index contributed by atoms with van der Waals surface area (Å²) in [5, 5.41) is 12.1. The third-order valence-corrected chi connectivity index (χ3v) is 5.23. The van der Waals surface area contributed by atoms with Crippen LogP contribution in [0, 0.1) is 19.7 Å². The van der Waals surface area contributed by atoms with E-state index in [2.05, 4.69) is 4.99 Å². The second-order valence-electron chi connectivity index (χ2n) is 7.07. The number of aromatic nitrogens is 1. The zero-order valence-corrected chi connectivity index (χ0v) is 17.1. The number of hydrogen-bond donors (Lipinski definition) is 1. The molecule has 0 bridgehead atoms. The summed E-state index contributed by atoms with van der Waals surface area (Å²) in [4.78, 5) is 17.5. The molecule has 0 amide bonds. The highest BCUT2D eigenvalue weighted by Gasteiger charge is 2.17. The Hall–Kier alpha value is -3.44. The van der Waals surface area contributed by atoms with E-state index in [1.807, 2.05) is 26.0 Å². The molecule has 0 aliphatic carbocycles. The number of aromatic hydroxyl groups is 1. The molecule has 4 rings (SSSR count). The molecule has 0 unspecified atom stereocenters. The van der Waals surface area contributed by atoms with Crippen LogP contribution in [0.1, 0.15) is 16.7 Å². The zero-order valence-electron chi connectivity index (χ0n) is 16.4. The van der Waals surface area contributed by atoms with Crippen LogP contribution in [0.4, 0.5) is 10.1 Å². The number of aliphatic imine (C=N–C) groups is 1. The SMILES string of the molecule is Cc1ccc(-n2c(O)c(C=Nc3ccc(F)c(Cl)c3)c3ccccc3c2=O)c(C)c1. The van der Waals surface area contributed by atoms with Crippen molar-refractivity contribution in [2.45, 2.75) is 13.8 Å². The van der Waals surface area contributed by atoms with Crippen LogP contribution in [0.5, 0.6) is 5.88 Å². The maximum absolute atomic E-state index is 13.4. The average Bonchev–Trinajstić information content (AvgIpc) is 2.72. The summed E-state index contributed by atoms with van der Waals surface area (Å²) in [6.45, 7) is 3.85. The summed E-state index contributed by atoms with van der Waals surface area (Å²) in [6, 6.07) is 16.8. The van der Waals surface area contributed by atoms with E-state index in [1.54, 1.807) is 30.3 Å². The Kier molecular flexibility index (Phi) is 5.14. The molecule has 0 saturated carbocycles. The molecule has 0 atom stereocenters. The molecule has 30 heavy (non-hydrogen) atoms. The minimum Gasteiger partial charge on any atom is -0.494 e. The van der Waals surface area contributed by atoms with Crippen molar-refractivity contribution in [2.24, 2.45) is 4.99 Å². The van der Waals surface area contributed by atoms with Gasteiger partial charge in [-0.2, -0.15) is 0 Å². The lowest BCUT2D eigenvalue weighted by Gasteiger charge is -2.16. The molecule has 4 aromatic rings. The van der Waals surface area contributed by atoms with E-state index in [9.17, 15) is 14.3 Å². The Morgan fingerprint density at radius 1 is 1.03 bits per heavy atom. The number of rotatable bonds is 3. The van der Waals surface area contributed by atoms with Gasteiger partial charge in [0, 0.05) is 17.0 Å². The Bertz CT molecular complexity index is 1380. The smallest absolute Gasteiger partial charge is 0.265 e. The lowest BCUT2D eigenvalue weighted by molar-refractivity contribution is 0.436. The van der Waals surface area contributed by atoms with Crippen LogP contribution < -0.4 is 5.56 Å². The number of nitrogens with zero attached hydrogens (tertiary/aromatic N) is 2. The number of hydrogen-bond acceptors (Lipinski definition) is 3. The van der Waals surface area contributed by atoms with Crippen LogP contribution in [0.15, 0.2) is 70.5 Å². The fourth-order valence-electron chi connectivity index (χ4n) is 3.47. The van der Waals surface area contributed by atoms with Crippen molar-refractivity contribution in [2.75, 3.05) is 0 Å². The molecule has 0 aliphatic heterocycles. The summed E-state index contributed by atoms with van der Waals surface area (Å²) >= 11 is 5.83. The van der Waals surface area contributed by atoms with Crippen LogP contribution in [0.25, 0.3) is 16.5 Å². The van der Waals surface area contributed by atoms with Crippen molar-refractivity contribution >= 4 is 34.3 Å². The maximum Gasteiger partial charge on any atom is 0.265 e. The fraction of sp³-hybridized carbons (Fsp3) is 0.0833. The van der Waals surface area contributed by atoms with Crippen molar-refractivity contribution in [3.05, 3.63) is 98.5 Å². The van der Waals surface area contributed by atoms with E-state index in [1.165, 1.54) is 29.0 Å². The van der Waals surface area contributed by atoms with Crippen molar-refractivity contribution in [1.82, 2.24) is 4.57 Å². The van der Waals surface area contributed by atoms with Gasteiger partial charge in [-0.1, -0.05) is 47.5 Å². The minimum atomic E-state index is -0.535. The Labute approximate surface area is 177 Å². The highest BCUT2D eigenvalue weighted by molar-refractivity contribution is 6.31. The number of halogens is 2. The molecule has 1 aromatic heterocycles. The zero-order chi connectivity index (χ0) is 21.4. The molecular formula is C24H18ClFN2O2. The van der Waals surface area contributed by atoms with Crippen molar-refractivity contribution in [3.63, 3.8) is 0 Å². The molecule has 150 valence electrons. The second kappa shape index (κ2) is 7.76. The normalized spacial score (nSPS) is 11.5. The third kappa shape index (κ3) is 3.48. The van der Waals surface area contributed by atoms with Gasteiger partial charge < -0.3 is 5.11 Å². The Morgan fingerprint density at radius 2 is 1.77 bits per heavy atom.